The fraction of sp³-hybridized carbons (Fsp3) is 0.909. The van der Waals surface area contributed by atoms with Crippen LogP contribution in [0.4, 0.5) is 0 Å². The van der Waals surface area contributed by atoms with Crippen molar-refractivity contribution in [1.29, 1.82) is 5.26 Å². The van der Waals surface area contributed by atoms with E-state index in [2.05, 4.69) is 19.2 Å². The summed E-state index contributed by atoms with van der Waals surface area (Å²) < 4.78 is 0. The van der Waals surface area contributed by atoms with E-state index in [1.807, 2.05) is 13.8 Å². The number of thiocyanates is 1. The van der Waals surface area contributed by atoms with E-state index in [-0.39, 0.29) is 0 Å². The number of rotatable bonds is 6. The molecule has 0 aliphatic carbocycles. The Morgan fingerprint density at radius 1 is 1.15 bits per heavy atom. The van der Waals surface area contributed by atoms with Crippen LogP contribution in [0.2, 0.25) is 0 Å². The minimum Gasteiger partial charge on any atom is -0.185 e. The molecule has 0 N–H and O–H groups in total. The van der Waals surface area contributed by atoms with Gasteiger partial charge in [0.15, 0.2) is 0 Å². The molecule has 0 amide bonds. The minimum atomic E-state index is 0.773. The topological polar surface area (TPSA) is 23.8 Å². The molecular weight excluding hydrogens is 178 g/mol. The van der Waals surface area contributed by atoms with Crippen molar-refractivity contribution in [3.05, 3.63) is 0 Å². The molecule has 1 nitrogen and oxygen atoms in total. The molecule has 0 rings (SSSR count). The Hall–Kier alpha value is -0.160. The van der Waals surface area contributed by atoms with E-state index in [0.717, 1.165) is 11.7 Å². The summed E-state index contributed by atoms with van der Waals surface area (Å²) in [5, 5.41) is 10.5. The number of hydrogen-bond donors (Lipinski definition) is 0. The normalized spacial score (nSPS) is 8.92. The van der Waals surface area contributed by atoms with Crippen molar-refractivity contribution in [2.45, 2.75) is 53.4 Å². The molecule has 13 heavy (non-hydrogen) atoms. The van der Waals surface area contributed by atoms with Crippen LogP contribution in [0.1, 0.15) is 53.4 Å². The predicted octanol–water partition coefficient (Wildman–Crippen LogP) is 4.44. The van der Waals surface area contributed by atoms with Gasteiger partial charge in [0, 0.05) is 5.75 Å². The van der Waals surface area contributed by atoms with Crippen LogP contribution in [0, 0.1) is 16.6 Å². The third kappa shape index (κ3) is 11.8. The summed E-state index contributed by atoms with van der Waals surface area (Å²) in [6.07, 6.45) is 5.05. The van der Waals surface area contributed by atoms with Crippen molar-refractivity contribution in [3.63, 3.8) is 0 Å². The number of nitrogens with zero attached hydrogens (tertiary/aromatic N) is 1. The molecule has 0 bridgehead atoms. The van der Waals surface area contributed by atoms with Crippen LogP contribution in [0.25, 0.3) is 0 Å². The summed E-state index contributed by atoms with van der Waals surface area (Å²) in [5.74, 6) is 1.80. The van der Waals surface area contributed by atoms with Gasteiger partial charge in [0.05, 0.1) is 0 Å². The molecule has 0 spiro atoms. The average molecular weight is 201 g/mol. The standard InChI is InChI=1S/C9H17NS.C2H6/c1-3-5-9(6-4-2)7-11-8-10;1-2/h9H,3-7H2,1-2H3;1-2H3. The molecule has 0 unspecified atom stereocenters. The van der Waals surface area contributed by atoms with Crippen molar-refractivity contribution < 1.29 is 0 Å². The smallest absolute Gasteiger partial charge is 0.133 e. The van der Waals surface area contributed by atoms with Crippen LogP contribution in [-0.2, 0) is 0 Å². The van der Waals surface area contributed by atoms with Crippen molar-refractivity contribution in [2.24, 2.45) is 5.92 Å². The Morgan fingerprint density at radius 2 is 1.62 bits per heavy atom. The molecule has 78 valence electrons. The fourth-order valence-electron chi connectivity index (χ4n) is 1.28. The third-order valence-corrected chi connectivity index (χ3v) is 2.54. The molecule has 0 heterocycles. The number of nitriles is 1. The first-order valence-electron chi connectivity index (χ1n) is 5.36. The Labute approximate surface area is 87.9 Å². The van der Waals surface area contributed by atoms with Gasteiger partial charge in [-0.3, -0.25) is 0 Å². The van der Waals surface area contributed by atoms with E-state index < -0.39 is 0 Å². The van der Waals surface area contributed by atoms with Gasteiger partial charge < -0.3 is 0 Å². The Balaban J connectivity index is 0. The van der Waals surface area contributed by atoms with Crippen LogP contribution < -0.4 is 0 Å². The van der Waals surface area contributed by atoms with Gasteiger partial charge in [-0.15, -0.1) is 0 Å². The number of thioether (sulfide) groups is 1. The van der Waals surface area contributed by atoms with E-state index >= 15 is 0 Å². The Morgan fingerprint density at radius 3 is 1.92 bits per heavy atom. The zero-order valence-electron chi connectivity index (χ0n) is 9.47. The van der Waals surface area contributed by atoms with Crippen LogP contribution in [0.5, 0.6) is 0 Å². The molecule has 0 aliphatic rings. The van der Waals surface area contributed by atoms with Crippen molar-refractivity contribution in [1.82, 2.24) is 0 Å². The highest BCUT2D eigenvalue weighted by Crippen LogP contribution is 2.18. The highest BCUT2D eigenvalue weighted by atomic mass is 32.2. The van der Waals surface area contributed by atoms with Gasteiger partial charge in [-0.05, 0) is 30.5 Å². The van der Waals surface area contributed by atoms with E-state index in [1.54, 1.807) is 0 Å². The van der Waals surface area contributed by atoms with E-state index in [0.29, 0.717) is 0 Å². The lowest BCUT2D eigenvalue weighted by molar-refractivity contribution is 0.489. The van der Waals surface area contributed by atoms with Gasteiger partial charge in [0.25, 0.3) is 0 Å². The van der Waals surface area contributed by atoms with Crippen molar-refractivity contribution in [3.8, 4) is 5.40 Å². The number of hydrogen-bond acceptors (Lipinski definition) is 2. The van der Waals surface area contributed by atoms with Crippen LogP contribution in [0.15, 0.2) is 0 Å². The Bertz CT molecular complexity index is 112. The molecule has 0 saturated heterocycles. The molecule has 0 saturated carbocycles. The first-order valence-corrected chi connectivity index (χ1v) is 6.34. The monoisotopic (exact) mass is 201 g/mol. The molecule has 0 atom stereocenters. The first-order chi connectivity index (χ1) is 6.35. The lowest BCUT2D eigenvalue weighted by Crippen LogP contribution is -2.02. The second kappa shape index (κ2) is 14.4. The van der Waals surface area contributed by atoms with E-state index in [9.17, 15) is 0 Å². The van der Waals surface area contributed by atoms with Crippen molar-refractivity contribution in [2.75, 3.05) is 5.75 Å². The maximum Gasteiger partial charge on any atom is 0.133 e. The lowest BCUT2D eigenvalue weighted by atomic mass is 10.0. The molecule has 0 fully saturated rings. The van der Waals surface area contributed by atoms with Gasteiger partial charge >= 0.3 is 0 Å². The Kier molecular flexibility index (Phi) is 16.9. The maximum absolute atomic E-state index is 8.36. The maximum atomic E-state index is 8.36. The summed E-state index contributed by atoms with van der Waals surface area (Å²) in [7, 11) is 0. The summed E-state index contributed by atoms with van der Waals surface area (Å²) >= 11 is 1.40. The van der Waals surface area contributed by atoms with Gasteiger partial charge in [-0.25, -0.2) is 0 Å². The van der Waals surface area contributed by atoms with Gasteiger partial charge in [-0.2, -0.15) is 5.26 Å². The van der Waals surface area contributed by atoms with Gasteiger partial charge in [-0.1, -0.05) is 40.5 Å². The lowest BCUT2D eigenvalue weighted by Gasteiger charge is -2.11. The molecule has 2 heteroatoms. The van der Waals surface area contributed by atoms with Crippen LogP contribution >= 0.6 is 11.8 Å². The molecular formula is C11H23NS. The first kappa shape index (κ1) is 15.3. The molecule has 0 aliphatic heterocycles. The minimum absolute atomic E-state index is 0.773. The van der Waals surface area contributed by atoms with Gasteiger partial charge in [0.2, 0.25) is 0 Å². The largest absolute Gasteiger partial charge is 0.185 e. The summed E-state index contributed by atoms with van der Waals surface area (Å²) in [4.78, 5) is 0. The highest BCUT2D eigenvalue weighted by Gasteiger charge is 2.05. The van der Waals surface area contributed by atoms with Crippen molar-refractivity contribution >= 4 is 11.8 Å². The zero-order valence-corrected chi connectivity index (χ0v) is 10.3. The zero-order chi connectivity index (χ0) is 10.5. The molecule has 0 aromatic rings. The summed E-state index contributed by atoms with van der Waals surface area (Å²) in [6.45, 7) is 8.42. The van der Waals surface area contributed by atoms with Gasteiger partial charge in [0.1, 0.15) is 5.40 Å². The predicted molar refractivity (Wildman–Crippen MR) is 62.7 cm³/mol. The molecule has 0 radical (unpaired) electrons. The third-order valence-electron chi connectivity index (χ3n) is 1.78. The second-order valence-corrected chi connectivity index (χ2v) is 3.65. The van der Waals surface area contributed by atoms with E-state index in [1.165, 1.54) is 37.4 Å². The fourth-order valence-corrected chi connectivity index (χ4v) is 1.93. The summed E-state index contributed by atoms with van der Waals surface area (Å²) in [6, 6.07) is 0. The molecule has 0 aromatic carbocycles. The highest BCUT2D eigenvalue weighted by molar-refractivity contribution is 8.03. The average Bonchev–Trinajstić information content (AvgIpc) is 2.18. The SMILES string of the molecule is CC.CCCC(CCC)CSC#N. The summed E-state index contributed by atoms with van der Waals surface area (Å²) in [5.41, 5.74) is 0. The van der Waals surface area contributed by atoms with Crippen LogP contribution in [-0.4, -0.2) is 5.75 Å². The van der Waals surface area contributed by atoms with E-state index in [4.69, 9.17) is 5.26 Å². The van der Waals surface area contributed by atoms with Crippen LogP contribution in [0.3, 0.4) is 0 Å². The molecule has 0 aromatic heterocycles. The quantitative estimate of drug-likeness (QED) is 0.593. The second-order valence-electron chi connectivity index (χ2n) is 2.85.